The molecule has 1 aliphatic heterocycles. The first-order valence-electron chi connectivity index (χ1n) is 9.89. The van der Waals surface area contributed by atoms with Crippen molar-refractivity contribution >= 4 is 51.0 Å². The van der Waals surface area contributed by atoms with Gasteiger partial charge in [-0.25, -0.2) is 0 Å². The largest absolute Gasteiger partial charge is 0.416 e. The monoisotopic (exact) mass is 494 g/mol. The fraction of sp³-hybridized carbons (Fsp3) is 0.227. The summed E-state index contributed by atoms with van der Waals surface area (Å²) in [7, 11) is 1.69. The average molecular weight is 495 g/mol. The topological polar surface area (TPSA) is 78.1 Å². The number of alkyl halides is 3. The van der Waals surface area contributed by atoms with Crippen LogP contribution in [-0.2, 0) is 17.4 Å². The van der Waals surface area contributed by atoms with Gasteiger partial charge in [0.1, 0.15) is 0 Å². The van der Waals surface area contributed by atoms with Gasteiger partial charge in [0.15, 0.2) is 0 Å². The molecule has 3 aromatic rings. The van der Waals surface area contributed by atoms with Crippen LogP contribution >= 0.6 is 23.4 Å². The van der Waals surface area contributed by atoms with E-state index in [1.54, 1.807) is 31.4 Å². The Morgan fingerprint density at radius 1 is 1.21 bits per heavy atom. The van der Waals surface area contributed by atoms with E-state index in [0.717, 1.165) is 33.6 Å². The normalized spacial score (nSPS) is 16.2. The van der Waals surface area contributed by atoms with Gasteiger partial charge in [0.05, 0.1) is 22.2 Å². The minimum atomic E-state index is -4.63. The second kappa shape index (κ2) is 9.20. The van der Waals surface area contributed by atoms with E-state index >= 15 is 0 Å². The molecule has 6 nitrogen and oxygen atoms in total. The van der Waals surface area contributed by atoms with Gasteiger partial charge in [0.2, 0.25) is 0 Å². The number of hydrogen-bond acceptors (Lipinski definition) is 5. The van der Waals surface area contributed by atoms with Crippen LogP contribution in [0.4, 0.5) is 18.0 Å². The van der Waals surface area contributed by atoms with Crippen LogP contribution in [0.1, 0.15) is 16.7 Å². The zero-order chi connectivity index (χ0) is 23.8. The van der Waals surface area contributed by atoms with Crippen molar-refractivity contribution in [2.24, 2.45) is 0 Å². The van der Waals surface area contributed by atoms with Crippen LogP contribution in [-0.4, -0.2) is 46.4 Å². The van der Waals surface area contributed by atoms with Gasteiger partial charge in [-0.2, -0.15) is 18.3 Å². The minimum Gasteiger partial charge on any atom is -0.318 e. The van der Waals surface area contributed by atoms with Crippen LogP contribution in [0.15, 0.2) is 47.5 Å². The van der Waals surface area contributed by atoms with Gasteiger partial charge in [0, 0.05) is 23.5 Å². The van der Waals surface area contributed by atoms with E-state index < -0.39 is 22.9 Å². The van der Waals surface area contributed by atoms with Crippen LogP contribution in [0.2, 0.25) is 5.02 Å². The third-order valence-corrected chi connectivity index (χ3v) is 6.50. The number of imide groups is 1. The predicted octanol–water partition coefficient (Wildman–Crippen LogP) is 5.10. The summed E-state index contributed by atoms with van der Waals surface area (Å²) >= 11 is 6.57. The minimum absolute atomic E-state index is 0.0418. The first kappa shape index (κ1) is 23.3. The fourth-order valence-electron chi connectivity index (χ4n) is 3.60. The number of amides is 2. The number of allylic oxidation sites excluding steroid dienone is 1. The number of hydrogen-bond donors (Lipinski definition) is 2. The molecule has 0 radical (unpaired) electrons. The highest BCUT2D eigenvalue weighted by atomic mass is 35.5. The predicted molar refractivity (Wildman–Crippen MR) is 122 cm³/mol. The number of carbonyl (C=O) groups is 2. The number of thioether (sulfide) groups is 1. The summed E-state index contributed by atoms with van der Waals surface area (Å²) in [4.78, 5) is 26.8. The van der Waals surface area contributed by atoms with Crippen LogP contribution in [0.3, 0.4) is 0 Å². The van der Waals surface area contributed by atoms with E-state index in [0.29, 0.717) is 17.7 Å². The number of benzene rings is 2. The molecule has 1 saturated heterocycles. The summed E-state index contributed by atoms with van der Waals surface area (Å²) in [5, 5.41) is 9.89. The lowest BCUT2D eigenvalue weighted by atomic mass is 9.93. The number of aromatic amines is 1. The second-order valence-corrected chi connectivity index (χ2v) is 8.78. The van der Waals surface area contributed by atoms with Gasteiger partial charge in [-0.05, 0) is 66.2 Å². The molecule has 11 heteroatoms. The van der Waals surface area contributed by atoms with Gasteiger partial charge in [-0.3, -0.25) is 19.6 Å². The van der Waals surface area contributed by atoms with E-state index in [2.05, 4.69) is 15.5 Å². The van der Waals surface area contributed by atoms with Crippen molar-refractivity contribution in [1.29, 1.82) is 0 Å². The second-order valence-electron chi connectivity index (χ2n) is 7.38. The Labute approximate surface area is 196 Å². The van der Waals surface area contributed by atoms with Crippen molar-refractivity contribution in [2.75, 3.05) is 20.1 Å². The Hall–Kier alpha value is -2.82. The summed E-state index contributed by atoms with van der Waals surface area (Å²) in [5.41, 5.74) is 0.678. The smallest absolute Gasteiger partial charge is 0.318 e. The number of carbonyl (C=O) groups excluding carboxylic acids is 2. The van der Waals surface area contributed by atoms with Gasteiger partial charge >= 0.3 is 6.18 Å². The number of fused-ring (bicyclic) bond motifs is 1. The number of rotatable bonds is 6. The lowest BCUT2D eigenvalue weighted by Gasteiger charge is -2.17. The molecule has 2 N–H and O–H groups in total. The van der Waals surface area contributed by atoms with Gasteiger partial charge < -0.3 is 5.32 Å². The molecule has 0 atom stereocenters. The highest BCUT2D eigenvalue weighted by Gasteiger charge is 2.38. The molecule has 1 aliphatic rings. The van der Waals surface area contributed by atoms with Crippen LogP contribution in [0.25, 0.3) is 16.5 Å². The number of halogens is 4. The molecule has 0 spiro atoms. The number of aromatic nitrogens is 2. The zero-order valence-electron chi connectivity index (χ0n) is 17.3. The molecular weight excluding hydrogens is 477 g/mol. The SMILES string of the molecule is CNCCN1C(=O)SC(=C(Cc2ccc(Cl)cc2C(F)(F)F)c2ccc3[nH]ncc3c2)C1=O. The summed E-state index contributed by atoms with van der Waals surface area (Å²) in [6, 6.07) is 8.70. The fourth-order valence-corrected chi connectivity index (χ4v) is 4.74. The summed E-state index contributed by atoms with van der Waals surface area (Å²) in [5.74, 6) is -0.523. The van der Waals surface area contributed by atoms with Gasteiger partial charge in [-0.15, -0.1) is 0 Å². The van der Waals surface area contributed by atoms with E-state index in [9.17, 15) is 22.8 Å². The quantitative estimate of drug-likeness (QED) is 0.466. The lowest BCUT2D eigenvalue weighted by Crippen LogP contribution is -2.34. The van der Waals surface area contributed by atoms with Crippen molar-refractivity contribution in [2.45, 2.75) is 12.6 Å². The van der Waals surface area contributed by atoms with Crippen LogP contribution in [0, 0.1) is 0 Å². The maximum absolute atomic E-state index is 13.7. The number of nitrogens with zero attached hydrogens (tertiary/aromatic N) is 2. The Kier molecular flexibility index (Phi) is 6.51. The molecule has 0 unspecified atom stereocenters. The molecule has 2 heterocycles. The Morgan fingerprint density at radius 2 is 2.00 bits per heavy atom. The van der Waals surface area contributed by atoms with E-state index in [4.69, 9.17) is 11.6 Å². The number of H-pyrrole nitrogens is 1. The van der Waals surface area contributed by atoms with E-state index in [1.165, 1.54) is 12.1 Å². The first-order valence-corrected chi connectivity index (χ1v) is 11.1. The van der Waals surface area contributed by atoms with Crippen molar-refractivity contribution in [1.82, 2.24) is 20.4 Å². The Balaban J connectivity index is 1.86. The Bertz CT molecular complexity index is 1270. The average Bonchev–Trinajstić information content (AvgIpc) is 3.34. The first-order chi connectivity index (χ1) is 15.7. The highest BCUT2D eigenvalue weighted by Crippen LogP contribution is 2.41. The highest BCUT2D eigenvalue weighted by molar-refractivity contribution is 8.18. The maximum Gasteiger partial charge on any atom is 0.416 e. The molecular formula is C22H18ClF3N4O2S. The zero-order valence-corrected chi connectivity index (χ0v) is 18.9. The van der Waals surface area contributed by atoms with Crippen LogP contribution in [0.5, 0.6) is 0 Å². The van der Waals surface area contributed by atoms with Crippen molar-refractivity contribution in [3.8, 4) is 0 Å². The third kappa shape index (κ3) is 4.78. The standard InChI is InChI=1S/C22H18ClF3N4O2S/c1-27-6-7-30-20(31)19(33-21(30)32)16(12-3-5-18-14(8-12)11-28-29-18)9-13-2-4-15(23)10-17(13)22(24,25)26/h2-5,8,10-11,27H,6-7,9H2,1H3,(H,28,29). The maximum atomic E-state index is 13.7. The molecule has 2 aromatic carbocycles. The van der Waals surface area contributed by atoms with E-state index in [-0.39, 0.29) is 28.5 Å². The molecule has 172 valence electrons. The molecule has 1 fully saturated rings. The van der Waals surface area contributed by atoms with Crippen molar-refractivity contribution in [3.05, 3.63) is 69.2 Å². The van der Waals surface area contributed by atoms with Gasteiger partial charge in [-0.1, -0.05) is 23.7 Å². The molecule has 0 aliphatic carbocycles. The number of likely N-dealkylation sites (N-methyl/N-ethyl adjacent to an activating group) is 1. The summed E-state index contributed by atoms with van der Waals surface area (Å²) in [6.45, 7) is 0.560. The van der Waals surface area contributed by atoms with E-state index in [1.807, 2.05) is 0 Å². The molecule has 4 rings (SSSR count). The number of nitrogens with one attached hydrogen (secondary N) is 2. The third-order valence-electron chi connectivity index (χ3n) is 5.24. The molecule has 33 heavy (non-hydrogen) atoms. The molecule has 2 amide bonds. The van der Waals surface area contributed by atoms with Crippen molar-refractivity contribution in [3.63, 3.8) is 0 Å². The van der Waals surface area contributed by atoms with Gasteiger partial charge in [0.25, 0.3) is 11.1 Å². The summed E-state index contributed by atoms with van der Waals surface area (Å²) < 4.78 is 41.2. The lowest BCUT2D eigenvalue weighted by molar-refractivity contribution is -0.138. The summed E-state index contributed by atoms with van der Waals surface area (Å²) in [6.07, 6.45) is -3.26. The molecule has 0 bridgehead atoms. The molecule has 0 saturated carbocycles. The van der Waals surface area contributed by atoms with Crippen molar-refractivity contribution < 1.29 is 22.8 Å². The Morgan fingerprint density at radius 3 is 2.73 bits per heavy atom. The van der Waals surface area contributed by atoms with Crippen LogP contribution < -0.4 is 5.32 Å². The molecule has 1 aromatic heterocycles.